The Balaban J connectivity index is 0.00000694. The van der Waals surface area contributed by atoms with Gasteiger partial charge in [0.05, 0.1) is 43.4 Å². The summed E-state index contributed by atoms with van der Waals surface area (Å²) in [5.74, 6) is -12.6. The molecule has 2 aromatic heterocycles. The molecule has 5 rings (SSSR count). The minimum Gasteiger partial charge on any atom is -0.481 e. The van der Waals surface area contributed by atoms with E-state index in [0.29, 0.717) is 49.0 Å². The quantitative estimate of drug-likeness (QED) is 0.0108. The van der Waals surface area contributed by atoms with Gasteiger partial charge in [-0.05, 0) is 126 Å². The number of nitrogens with two attached hydrogens (primary N) is 5. The van der Waals surface area contributed by atoms with E-state index in [9.17, 15) is 68.4 Å². The maximum atomic E-state index is 14.3. The molecule has 4 aromatic rings. The summed E-state index contributed by atoms with van der Waals surface area (Å²) in [5, 5.41) is 56.7. The van der Waals surface area contributed by atoms with Gasteiger partial charge < -0.3 is 85.9 Å². The average molecular weight is 1420 g/mol. The van der Waals surface area contributed by atoms with Gasteiger partial charge in [0.15, 0.2) is 34.0 Å². The number of amides is 3. The van der Waals surface area contributed by atoms with Crippen LogP contribution >= 0.6 is 12.2 Å². The average Bonchev–Trinajstić information content (AvgIpc) is 0.851. The third kappa shape index (κ3) is 30.4. The van der Waals surface area contributed by atoms with E-state index < -0.39 is 121 Å². The van der Waals surface area contributed by atoms with Crippen molar-refractivity contribution in [3.63, 3.8) is 0 Å². The first-order chi connectivity index (χ1) is 47.6. The number of anilines is 3. The number of nitrogen functional groups attached to an aromatic ring is 1. The molecule has 0 aliphatic carbocycles. The molecule has 36 nitrogen and oxygen atoms in total. The Morgan fingerprint density at radius 3 is 1.94 bits per heavy atom. The van der Waals surface area contributed by atoms with Crippen molar-refractivity contribution in [2.45, 2.75) is 121 Å². The van der Waals surface area contributed by atoms with Crippen LogP contribution in [-0.4, -0.2) is 228 Å². The van der Waals surface area contributed by atoms with Crippen LogP contribution in [0.25, 0.3) is 11.2 Å². The molecule has 0 spiro atoms. The lowest BCUT2D eigenvalue weighted by Gasteiger charge is -2.33. The number of carboxylic acids is 4. The van der Waals surface area contributed by atoms with E-state index in [-0.39, 0.29) is 105 Å². The highest BCUT2D eigenvalue weighted by Gasteiger charge is 2.34. The number of carboxylic acid groups (broad SMARTS) is 4. The molecule has 1 aliphatic rings. The van der Waals surface area contributed by atoms with E-state index in [1.54, 1.807) is 0 Å². The number of aromatic nitrogens is 4. The topological polar surface area (TPSA) is 577 Å². The molecule has 1 aliphatic heterocycles. The highest BCUT2D eigenvalue weighted by molar-refractivity contribution is 7.80. The second kappa shape index (κ2) is 42.9. The van der Waals surface area contributed by atoms with Crippen LogP contribution in [0.3, 0.4) is 0 Å². The van der Waals surface area contributed by atoms with Crippen molar-refractivity contribution in [3.8, 4) is 0 Å². The van der Waals surface area contributed by atoms with Crippen molar-refractivity contribution >= 4 is 117 Å². The van der Waals surface area contributed by atoms with E-state index in [1.807, 2.05) is 36.2 Å². The molecule has 0 saturated carbocycles. The Morgan fingerprint density at radius 2 is 1.32 bits per heavy atom. The van der Waals surface area contributed by atoms with Crippen molar-refractivity contribution in [1.29, 1.82) is 0 Å². The van der Waals surface area contributed by atoms with Gasteiger partial charge >= 0.3 is 30.0 Å². The molecule has 3 heterocycles. The van der Waals surface area contributed by atoms with Gasteiger partial charge in [-0.3, -0.25) is 63.1 Å². The first-order valence-electron chi connectivity index (χ1n) is 32.2. The standard InChI is InChI=1S/C62H90N20O14S.CO2/c1-3-82-27-26-81(35-50(87)88)25-24-80(2)34-43(82)28-36-11-15-41(16-12-36)74-62(97)70-21-5-4-9-46(57(93)94)76-54(90)38(8-6-22-68-59(63)64)30-48(84)45(10-7-23-69-60(65)66)75-55(91)39(31-49(85)86)29-44(83)19-20-47(58(95)96)77-53(89)37-13-17-40(18-14-37)71-32-42-33-72-52-51(73-42)56(92)79-61(67)78-52;2-1-3/h11-18,33,38-39,43,45-47,71H,3-10,19-32,34-35H2,1-2H3,(H,75,91)(H,76,90)(H,77,89)(H,85,86)(H,87,88)(H,93,94)(H,95,96)(H4,63,64,68)(H4,65,66,69)(H2,70,74,97)(H3,67,72,78,79,92);/t38-,39+,43?,45+,46+,47+;/m1./s1. The number of ketones is 2. The lowest BCUT2D eigenvalue weighted by molar-refractivity contribution is -0.192. The third-order valence-corrected chi connectivity index (χ3v) is 16.2. The number of H-pyrrole nitrogens is 1. The Kier molecular flexibility index (Phi) is 35.1. The van der Waals surface area contributed by atoms with E-state index in [0.717, 1.165) is 43.9 Å². The van der Waals surface area contributed by atoms with Crippen molar-refractivity contribution in [1.82, 2.24) is 55.9 Å². The number of nitrogens with one attached hydrogen (secondary N) is 7. The highest BCUT2D eigenvalue weighted by Crippen LogP contribution is 2.21. The molecule has 2 aromatic carbocycles. The zero-order valence-corrected chi connectivity index (χ0v) is 56.5. The molecular formula is C63H90N20O16S. The monoisotopic (exact) mass is 1410 g/mol. The summed E-state index contributed by atoms with van der Waals surface area (Å²) >= 11 is 5.55. The van der Waals surface area contributed by atoms with Crippen LogP contribution < -0.4 is 66.1 Å². The number of rotatable bonds is 40. The number of nitrogens with zero attached hydrogens (tertiary/aromatic N) is 8. The number of guanidine groups is 2. The van der Waals surface area contributed by atoms with Crippen LogP contribution in [0.5, 0.6) is 0 Å². The fourth-order valence-corrected chi connectivity index (χ4v) is 11.0. The van der Waals surface area contributed by atoms with Gasteiger partial charge in [0, 0.05) is 101 Å². The lowest BCUT2D eigenvalue weighted by Crippen LogP contribution is -2.47. The summed E-state index contributed by atoms with van der Waals surface area (Å²) in [4.78, 5) is 175. The predicted molar refractivity (Wildman–Crippen MR) is 370 cm³/mol. The van der Waals surface area contributed by atoms with Gasteiger partial charge in [-0.25, -0.2) is 19.6 Å². The summed E-state index contributed by atoms with van der Waals surface area (Å²) in [6.07, 6.45) is 0.151. The Labute approximate surface area is 580 Å². The van der Waals surface area contributed by atoms with Gasteiger partial charge in [0.2, 0.25) is 17.8 Å². The Hall–Kier alpha value is -10.6. The maximum Gasteiger partial charge on any atom is 0.373 e. The Bertz CT molecular complexity index is 3590. The highest BCUT2D eigenvalue weighted by atomic mass is 32.1. The summed E-state index contributed by atoms with van der Waals surface area (Å²) in [6.45, 7) is 7.09. The van der Waals surface area contributed by atoms with E-state index >= 15 is 0 Å². The molecule has 3 amide bonds. The number of aliphatic imine (C=N–C) groups is 2. The first kappa shape index (κ1) is 81.8. The second-order valence-electron chi connectivity index (χ2n) is 23.7. The fourth-order valence-electron chi connectivity index (χ4n) is 10.8. The van der Waals surface area contributed by atoms with Crippen molar-refractivity contribution < 1.29 is 73.2 Å². The van der Waals surface area contributed by atoms with Gasteiger partial charge in [-0.15, -0.1) is 0 Å². The summed E-state index contributed by atoms with van der Waals surface area (Å²) in [5.41, 5.74) is 29.9. The molecule has 0 radical (unpaired) electrons. The minimum absolute atomic E-state index is 0.00316. The molecule has 1 fully saturated rings. The van der Waals surface area contributed by atoms with Gasteiger partial charge in [-0.2, -0.15) is 14.6 Å². The number of fused-ring (bicyclic) bond motifs is 1. The zero-order valence-electron chi connectivity index (χ0n) is 55.7. The molecular weight excluding hydrogens is 1320 g/mol. The molecule has 21 N–H and O–H groups in total. The number of Topliss-reactive ketones (excluding diaryl/α,β-unsaturated/α-hetero) is 2. The number of aromatic amines is 1. The Morgan fingerprint density at radius 1 is 0.720 bits per heavy atom. The lowest BCUT2D eigenvalue weighted by atomic mass is 9.90. The van der Waals surface area contributed by atoms with Crippen LogP contribution in [0, 0.1) is 11.8 Å². The van der Waals surface area contributed by atoms with Crippen LogP contribution in [0.1, 0.15) is 106 Å². The normalized spacial score (nSPS) is 14.9. The molecule has 544 valence electrons. The maximum absolute atomic E-state index is 14.3. The zero-order chi connectivity index (χ0) is 73.8. The smallest absolute Gasteiger partial charge is 0.373 e. The largest absolute Gasteiger partial charge is 0.481 e. The van der Waals surface area contributed by atoms with Crippen molar-refractivity contribution in [2.24, 2.45) is 44.8 Å². The summed E-state index contributed by atoms with van der Waals surface area (Å²) < 4.78 is 0. The molecule has 37 heteroatoms. The number of unbranched alkanes of at least 4 members (excludes halogenated alkanes) is 1. The van der Waals surface area contributed by atoms with Crippen LogP contribution in [0.15, 0.2) is 69.5 Å². The predicted octanol–water partition coefficient (Wildman–Crippen LogP) is -1.20. The number of hydrogen-bond donors (Lipinski definition) is 16. The van der Waals surface area contributed by atoms with Crippen molar-refractivity contribution in [3.05, 3.63) is 81.9 Å². The third-order valence-electron chi connectivity index (χ3n) is 16.0. The van der Waals surface area contributed by atoms with Crippen molar-refractivity contribution in [2.75, 3.05) is 88.9 Å². The van der Waals surface area contributed by atoms with E-state index in [1.165, 1.54) is 30.5 Å². The SMILES string of the molecule is CCN1CCN(CC(=O)O)CCN(C)CC1Cc1ccc(NC(=S)NCCCC[C@H](NC(=O)[C@H](CCCN=C(N)N)CC(=O)[C@H](CCCN=C(N)N)NC(=O)[C@H](CC(=O)O)CC(=O)CC[C@H](NC(=O)c2ccc(NCc3cnc4nc(N)[nH]c(=O)c4n3)cc2)C(=O)O)C(=O)O)cc1.O=C=O. The number of aliphatic carboxylic acids is 4. The van der Waals surface area contributed by atoms with Crippen LogP contribution in [-0.2, 0) is 60.9 Å². The molecule has 1 saturated heterocycles. The fraction of sp³-hybridized carbons (Fsp3) is 0.508. The van der Waals surface area contributed by atoms with Crippen LogP contribution in [0.4, 0.5) is 17.3 Å². The van der Waals surface area contributed by atoms with Crippen LogP contribution in [0.2, 0.25) is 0 Å². The van der Waals surface area contributed by atoms with Gasteiger partial charge in [0.1, 0.15) is 17.9 Å². The molecule has 0 bridgehead atoms. The number of hydrogen-bond acceptors (Lipinski definition) is 23. The van der Waals surface area contributed by atoms with E-state index in [4.69, 9.17) is 50.5 Å². The molecule has 100 heavy (non-hydrogen) atoms. The second-order valence-corrected chi connectivity index (χ2v) is 24.1. The van der Waals surface area contributed by atoms with E-state index in [2.05, 4.69) is 78.5 Å². The summed E-state index contributed by atoms with van der Waals surface area (Å²) in [7, 11) is 2.05. The number of carbonyl (C=O) groups excluding carboxylic acids is 7. The molecule has 6 atom stereocenters. The number of thiocarbonyl (C=S) groups is 1. The molecule has 1 unspecified atom stereocenters. The van der Waals surface area contributed by atoms with Gasteiger partial charge in [0.25, 0.3) is 11.5 Å². The summed E-state index contributed by atoms with van der Waals surface area (Å²) in [6, 6.07) is 9.62. The number of carbonyl (C=O) groups is 9. The number of likely N-dealkylation sites (N-methyl/N-ethyl adjacent to an activating group) is 2. The van der Waals surface area contributed by atoms with Gasteiger partial charge in [-0.1, -0.05) is 19.1 Å². The first-order valence-corrected chi connectivity index (χ1v) is 32.6. The minimum atomic E-state index is -1.60. The number of benzene rings is 2.